The maximum absolute atomic E-state index is 5.30. The highest BCUT2D eigenvalue weighted by Crippen LogP contribution is 2.21. The summed E-state index contributed by atoms with van der Waals surface area (Å²) in [5.41, 5.74) is 1.34. The first-order valence-electron chi connectivity index (χ1n) is 6.58. The number of benzene rings is 1. The molecule has 0 saturated carbocycles. The Morgan fingerprint density at radius 3 is 2.28 bits per heavy atom. The van der Waals surface area contributed by atoms with Gasteiger partial charge in [0, 0.05) is 23.7 Å². The van der Waals surface area contributed by atoms with Crippen molar-refractivity contribution < 1.29 is 4.74 Å². The Labute approximate surface area is 119 Å². The molecular formula is C15H24BrNO. The molecule has 0 aromatic heterocycles. The van der Waals surface area contributed by atoms with Gasteiger partial charge in [-0.15, -0.1) is 0 Å². The normalized spacial score (nSPS) is 14.8. The van der Waals surface area contributed by atoms with Crippen LogP contribution in [0.3, 0.4) is 0 Å². The molecule has 1 aromatic rings. The molecule has 2 atom stereocenters. The van der Waals surface area contributed by atoms with Crippen molar-refractivity contribution in [3.8, 4) is 0 Å². The number of ether oxygens (including phenoxy) is 1. The fraction of sp³-hybridized carbons (Fsp3) is 0.600. The summed E-state index contributed by atoms with van der Waals surface area (Å²) in [7, 11) is 1.76. The lowest BCUT2D eigenvalue weighted by atomic mass is 9.99. The van der Waals surface area contributed by atoms with E-state index in [1.807, 2.05) is 0 Å². The second-order valence-electron chi connectivity index (χ2n) is 4.98. The lowest BCUT2D eigenvalue weighted by molar-refractivity contribution is 0.139. The predicted octanol–water partition coefficient (Wildman–Crippen LogP) is 4.16. The van der Waals surface area contributed by atoms with Crippen molar-refractivity contribution >= 4 is 15.9 Å². The van der Waals surface area contributed by atoms with Crippen LogP contribution in [-0.4, -0.2) is 19.8 Å². The molecule has 2 unspecified atom stereocenters. The Hall–Kier alpha value is -0.380. The molecule has 0 fully saturated rings. The second kappa shape index (κ2) is 7.93. The SMILES string of the molecule is CCC(NC(COC)C(C)C)c1ccc(Br)cc1. The maximum atomic E-state index is 5.30. The molecule has 1 aromatic carbocycles. The Balaban J connectivity index is 2.73. The van der Waals surface area contributed by atoms with Gasteiger partial charge in [0.2, 0.25) is 0 Å². The highest BCUT2D eigenvalue weighted by Gasteiger charge is 2.18. The average Bonchev–Trinajstić information content (AvgIpc) is 2.35. The largest absolute Gasteiger partial charge is 0.383 e. The molecule has 0 heterocycles. The van der Waals surface area contributed by atoms with Crippen LogP contribution in [0.2, 0.25) is 0 Å². The van der Waals surface area contributed by atoms with Crippen molar-refractivity contribution in [1.82, 2.24) is 5.32 Å². The minimum Gasteiger partial charge on any atom is -0.383 e. The van der Waals surface area contributed by atoms with Gasteiger partial charge in [-0.3, -0.25) is 0 Å². The molecule has 0 radical (unpaired) electrons. The van der Waals surface area contributed by atoms with Crippen LogP contribution in [0.25, 0.3) is 0 Å². The monoisotopic (exact) mass is 313 g/mol. The Kier molecular flexibility index (Phi) is 6.90. The van der Waals surface area contributed by atoms with Gasteiger partial charge in [-0.25, -0.2) is 0 Å². The first-order valence-corrected chi connectivity index (χ1v) is 7.38. The topological polar surface area (TPSA) is 21.3 Å². The maximum Gasteiger partial charge on any atom is 0.0618 e. The smallest absolute Gasteiger partial charge is 0.0618 e. The number of hydrogen-bond donors (Lipinski definition) is 1. The summed E-state index contributed by atoms with van der Waals surface area (Å²) < 4.78 is 6.42. The van der Waals surface area contributed by atoms with Gasteiger partial charge in [-0.1, -0.05) is 48.8 Å². The summed E-state index contributed by atoms with van der Waals surface area (Å²) in [4.78, 5) is 0. The van der Waals surface area contributed by atoms with Crippen LogP contribution < -0.4 is 5.32 Å². The molecule has 0 saturated heterocycles. The first-order chi connectivity index (χ1) is 8.58. The molecule has 102 valence electrons. The molecule has 0 aliphatic rings. The van der Waals surface area contributed by atoms with Crippen molar-refractivity contribution in [2.45, 2.75) is 39.3 Å². The third kappa shape index (κ3) is 4.71. The Morgan fingerprint density at radius 2 is 1.83 bits per heavy atom. The van der Waals surface area contributed by atoms with E-state index in [-0.39, 0.29) is 0 Å². The quantitative estimate of drug-likeness (QED) is 0.816. The summed E-state index contributed by atoms with van der Waals surface area (Å²) in [5, 5.41) is 3.70. The predicted molar refractivity (Wildman–Crippen MR) is 80.8 cm³/mol. The van der Waals surface area contributed by atoms with Crippen LogP contribution in [0.1, 0.15) is 38.8 Å². The molecule has 0 amide bonds. The van der Waals surface area contributed by atoms with Crippen molar-refractivity contribution in [2.75, 3.05) is 13.7 Å². The summed E-state index contributed by atoms with van der Waals surface area (Å²) in [6.45, 7) is 7.42. The second-order valence-corrected chi connectivity index (χ2v) is 5.90. The van der Waals surface area contributed by atoms with E-state index in [0.29, 0.717) is 18.0 Å². The molecule has 0 aliphatic carbocycles. The fourth-order valence-corrected chi connectivity index (χ4v) is 2.28. The van der Waals surface area contributed by atoms with E-state index in [4.69, 9.17) is 4.74 Å². The van der Waals surface area contributed by atoms with E-state index >= 15 is 0 Å². The number of rotatable bonds is 7. The van der Waals surface area contributed by atoms with Gasteiger partial charge < -0.3 is 10.1 Å². The fourth-order valence-electron chi connectivity index (χ4n) is 2.02. The lowest BCUT2D eigenvalue weighted by Crippen LogP contribution is -2.40. The van der Waals surface area contributed by atoms with E-state index in [1.165, 1.54) is 5.56 Å². The summed E-state index contributed by atoms with van der Waals surface area (Å²) in [6, 6.07) is 9.33. The van der Waals surface area contributed by atoms with Crippen molar-refractivity contribution in [3.05, 3.63) is 34.3 Å². The standard InChI is InChI=1S/C15H24BrNO/c1-5-14(12-6-8-13(16)9-7-12)17-15(10-18-4)11(2)3/h6-9,11,14-15,17H,5,10H2,1-4H3. The molecule has 0 spiro atoms. The number of hydrogen-bond acceptors (Lipinski definition) is 2. The molecule has 1 N–H and O–H groups in total. The Morgan fingerprint density at radius 1 is 1.22 bits per heavy atom. The van der Waals surface area contributed by atoms with Crippen molar-refractivity contribution in [3.63, 3.8) is 0 Å². The van der Waals surface area contributed by atoms with Gasteiger partial charge in [-0.2, -0.15) is 0 Å². The first kappa shape index (κ1) is 15.7. The summed E-state index contributed by atoms with van der Waals surface area (Å²) in [6.07, 6.45) is 1.08. The van der Waals surface area contributed by atoms with Gasteiger partial charge >= 0.3 is 0 Å². The van der Waals surface area contributed by atoms with Crippen LogP contribution in [0.15, 0.2) is 28.7 Å². The summed E-state index contributed by atoms with van der Waals surface area (Å²) in [5.74, 6) is 0.564. The zero-order chi connectivity index (χ0) is 13.5. The van der Waals surface area contributed by atoms with E-state index in [2.05, 4.69) is 66.3 Å². The van der Waals surface area contributed by atoms with E-state index in [9.17, 15) is 0 Å². The van der Waals surface area contributed by atoms with Crippen LogP contribution in [0.5, 0.6) is 0 Å². The van der Waals surface area contributed by atoms with Crippen LogP contribution in [-0.2, 0) is 4.74 Å². The molecule has 0 aliphatic heterocycles. The third-order valence-corrected chi connectivity index (χ3v) is 3.78. The average molecular weight is 314 g/mol. The van der Waals surface area contributed by atoms with Gasteiger partial charge in [-0.05, 0) is 30.0 Å². The van der Waals surface area contributed by atoms with E-state index in [0.717, 1.165) is 17.5 Å². The van der Waals surface area contributed by atoms with Gasteiger partial charge in [0.1, 0.15) is 0 Å². The molecule has 3 heteroatoms. The molecule has 1 rings (SSSR count). The molecular weight excluding hydrogens is 290 g/mol. The van der Waals surface area contributed by atoms with Crippen molar-refractivity contribution in [2.24, 2.45) is 5.92 Å². The molecule has 2 nitrogen and oxygen atoms in total. The van der Waals surface area contributed by atoms with E-state index in [1.54, 1.807) is 7.11 Å². The lowest BCUT2D eigenvalue weighted by Gasteiger charge is -2.27. The van der Waals surface area contributed by atoms with Crippen molar-refractivity contribution in [1.29, 1.82) is 0 Å². The van der Waals surface area contributed by atoms with Crippen LogP contribution in [0, 0.1) is 5.92 Å². The van der Waals surface area contributed by atoms with Crippen LogP contribution >= 0.6 is 15.9 Å². The number of methoxy groups -OCH3 is 1. The Bertz CT molecular complexity index is 337. The third-order valence-electron chi connectivity index (χ3n) is 3.25. The molecule has 0 bridgehead atoms. The summed E-state index contributed by atoms with van der Waals surface area (Å²) >= 11 is 3.48. The minimum atomic E-state index is 0.389. The van der Waals surface area contributed by atoms with E-state index < -0.39 is 0 Å². The van der Waals surface area contributed by atoms with Gasteiger partial charge in [0.05, 0.1) is 6.61 Å². The zero-order valence-electron chi connectivity index (χ0n) is 11.7. The number of nitrogens with one attached hydrogen (secondary N) is 1. The zero-order valence-corrected chi connectivity index (χ0v) is 13.3. The highest BCUT2D eigenvalue weighted by molar-refractivity contribution is 9.10. The van der Waals surface area contributed by atoms with Gasteiger partial charge in [0.15, 0.2) is 0 Å². The minimum absolute atomic E-state index is 0.389. The highest BCUT2D eigenvalue weighted by atomic mass is 79.9. The molecule has 18 heavy (non-hydrogen) atoms. The van der Waals surface area contributed by atoms with Crippen LogP contribution in [0.4, 0.5) is 0 Å². The van der Waals surface area contributed by atoms with Gasteiger partial charge in [0.25, 0.3) is 0 Å². The number of halogens is 1.